The van der Waals surface area contributed by atoms with Gasteiger partial charge in [-0.05, 0) is 42.1 Å². The lowest BCUT2D eigenvalue weighted by molar-refractivity contribution is 0.0716. The smallest absolute Gasteiger partial charge is 0.344 e. The van der Waals surface area contributed by atoms with Crippen molar-refractivity contribution in [2.75, 3.05) is 6.54 Å². The zero-order valence-corrected chi connectivity index (χ0v) is 13.2. The molecule has 1 aromatic heterocycles. The molecule has 3 rings (SSSR count). The van der Waals surface area contributed by atoms with Gasteiger partial charge in [0.2, 0.25) is 0 Å². The quantitative estimate of drug-likeness (QED) is 0.736. The predicted octanol–water partition coefficient (Wildman–Crippen LogP) is 3.59. The fourth-order valence-corrected chi connectivity index (χ4v) is 2.56. The van der Waals surface area contributed by atoms with E-state index in [9.17, 15) is 14.0 Å². The highest BCUT2D eigenvalue weighted by Crippen LogP contribution is 2.16. The minimum absolute atomic E-state index is 0.0871. The highest BCUT2D eigenvalue weighted by Gasteiger charge is 2.19. The lowest BCUT2D eigenvalue weighted by Crippen LogP contribution is -2.30. The van der Waals surface area contributed by atoms with Crippen molar-refractivity contribution in [2.24, 2.45) is 0 Å². The molecule has 0 saturated carbocycles. The summed E-state index contributed by atoms with van der Waals surface area (Å²) in [7, 11) is 0. The number of carbonyl (C=O) groups is 1. The first-order valence-corrected chi connectivity index (χ1v) is 7.65. The summed E-state index contributed by atoms with van der Waals surface area (Å²) in [5.41, 5.74) is 0.327. The van der Waals surface area contributed by atoms with Gasteiger partial charge < -0.3 is 9.32 Å². The summed E-state index contributed by atoms with van der Waals surface area (Å²) >= 11 is 0. The minimum Gasteiger partial charge on any atom is -0.417 e. The number of hydrogen-bond acceptors (Lipinski definition) is 3. The van der Waals surface area contributed by atoms with E-state index in [0.29, 0.717) is 18.5 Å². The lowest BCUT2D eigenvalue weighted by atomic mass is 10.1. The molecule has 1 heterocycles. The van der Waals surface area contributed by atoms with Crippen molar-refractivity contribution in [2.45, 2.75) is 13.5 Å². The second-order valence-electron chi connectivity index (χ2n) is 5.43. The second-order valence-corrected chi connectivity index (χ2v) is 5.43. The molecule has 3 aromatic rings. The Morgan fingerprint density at radius 2 is 1.88 bits per heavy atom. The van der Waals surface area contributed by atoms with Crippen LogP contribution in [0.2, 0.25) is 0 Å². The first-order valence-electron chi connectivity index (χ1n) is 7.65. The number of nitrogens with zero attached hydrogens (tertiary/aromatic N) is 1. The summed E-state index contributed by atoms with van der Waals surface area (Å²) in [5, 5.41) is 0.601. The van der Waals surface area contributed by atoms with Gasteiger partial charge in [0.1, 0.15) is 5.82 Å². The minimum atomic E-state index is -0.647. The van der Waals surface area contributed by atoms with Crippen LogP contribution in [-0.4, -0.2) is 17.4 Å². The maximum atomic E-state index is 13.4. The molecular weight excluding hydrogens is 309 g/mol. The molecule has 0 fully saturated rings. The Balaban J connectivity index is 1.96. The fraction of sp³-hybridized carbons (Fsp3) is 0.158. The zero-order chi connectivity index (χ0) is 17.1. The summed E-state index contributed by atoms with van der Waals surface area (Å²) in [6.07, 6.45) is 0. The van der Waals surface area contributed by atoms with Crippen LogP contribution in [0.1, 0.15) is 23.0 Å². The molecule has 2 aromatic carbocycles. The van der Waals surface area contributed by atoms with Gasteiger partial charge in [0.15, 0.2) is 5.76 Å². The normalized spacial score (nSPS) is 10.8. The van der Waals surface area contributed by atoms with Gasteiger partial charge in [-0.1, -0.05) is 30.3 Å². The number of carbonyl (C=O) groups excluding carboxylic acids is 1. The summed E-state index contributed by atoms with van der Waals surface area (Å²) in [6.45, 7) is 2.71. The monoisotopic (exact) mass is 325 g/mol. The molecule has 4 nitrogen and oxygen atoms in total. The van der Waals surface area contributed by atoms with E-state index in [2.05, 4.69) is 0 Å². The van der Waals surface area contributed by atoms with E-state index in [0.717, 1.165) is 5.56 Å². The molecule has 0 spiro atoms. The van der Waals surface area contributed by atoms with Crippen molar-refractivity contribution in [3.8, 4) is 0 Å². The maximum absolute atomic E-state index is 13.4. The SMILES string of the molecule is CCN(Cc1ccccc1)C(=O)c1cc2cc(F)ccc2c(=O)o1. The van der Waals surface area contributed by atoms with Crippen LogP contribution in [0.25, 0.3) is 10.8 Å². The van der Waals surface area contributed by atoms with Gasteiger partial charge in [-0.3, -0.25) is 4.79 Å². The van der Waals surface area contributed by atoms with Gasteiger partial charge in [-0.25, -0.2) is 9.18 Å². The Morgan fingerprint density at radius 3 is 2.58 bits per heavy atom. The Bertz CT molecular complexity index is 934. The van der Waals surface area contributed by atoms with E-state index in [1.807, 2.05) is 37.3 Å². The van der Waals surface area contributed by atoms with Crippen LogP contribution in [0.4, 0.5) is 4.39 Å². The van der Waals surface area contributed by atoms with Gasteiger partial charge in [-0.2, -0.15) is 0 Å². The molecule has 0 radical (unpaired) electrons. The highest BCUT2D eigenvalue weighted by molar-refractivity contribution is 5.95. The van der Waals surface area contributed by atoms with Crippen LogP contribution in [0, 0.1) is 5.82 Å². The van der Waals surface area contributed by atoms with Crippen molar-refractivity contribution in [3.63, 3.8) is 0 Å². The number of halogens is 1. The number of benzene rings is 2. The molecule has 0 atom stereocenters. The van der Waals surface area contributed by atoms with Gasteiger partial charge in [0.05, 0.1) is 5.39 Å². The molecule has 0 N–H and O–H groups in total. The molecule has 0 aliphatic heterocycles. The summed E-state index contributed by atoms with van der Waals surface area (Å²) < 4.78 is 18.5. The third kappa shape index (κ3) is 3.20. The molecule has 0 unspecified atom stereocenters. The van der Waals surface area contributed by atoms with Crippen molar-refractivity contribution < 1.29 is 13.6 Å². The average molecular weight is 325 g/mol. The van der Waals surface area contributed by atoms with Crippen molar-refractivity contribution in [1.29, 1.82) is 0 Å². The van der Waals surface area contributed by atoms with Crippen LogP contribution in [0.5, 0.6) is 0 Å². The molecule has 0 bridgehead atoms. The van der Waals surface area contributed by atoms with Crippen LogP contribution in [-0.2, 0) is 6.54 Å². The van der Waals surface area contributed by atoms with E-state index in [1.54, 1.807) is 4.90 Å². The molecule has 24 heavy (non-hydrogen) atoms. The Morgan fingerprint density at radius 1 is 1.12 bits per heavy atom. The van der Waals surface area contributed by atoms with Crippen LogP contribution < -0.4 is 5.63 Å². The van der Waals surface area contributed by atoms with Gasteiger partial charge in [0, 0.05) is 13.1 Å². The van der Waals surface area contributed by atoms with E-state index >= 15 is 0 Å². The van der Waals surface area contributed by atoms with Crippen LogP contribution >= 0.6 is 0 Å². The Kier molecular flexibility index (Phi) is 4.42. The topological polar surface area (TPSA) is 50.5 Å². The Hall–Kier alpha value is -2.95. The first-order chi connectivity index (χ1) is 11.6. The van der Waals surface area contributed by atoms with Gasteiger partial charge >= 0.3 is 5.63 Å². The third-order valence-electron chi connectivity index (χ3n) is 3.82. The first kappa shape index (κ1) is 15.9. The summed E-state index contributed by atoms with van der Waals surface area (Å²) in [6, 6.07) is 14.7. The van der Waals surface area contributed by atoms with E-state index < -0.39 is 17.3 Å². The van der Waals surface area contributed by atoms with E-state index in [4.69, 9.17) is 4.42 Å². The van der Waals surface area contributed by atoms with Crippen molar-refractivity contribution in [3.05, 3.63) is 82.2 Å². The summed E-state index contributed by atoms with van der Waals surface area (Å²) in [4.78, 5) is 26.3. The Labute approximate surface area is 138 Å². The summed E-state index contributed by atoms with van der Waals surface area (Å²) in [5.74, 6) is -0.955. The molecule has 0 aliphatic carbocycles. The van der Waals surface area contributed by atoms with Crippen LogP contribution in [0.15, 0.2) is 63.8 Å². The zero-order valence-electron chi connectivity index (χ0n) is 13.2. The third-order valence-corrected chi connectivity index (χ3v) is 3.82. The maximum Gasteiger partial charge on any atom is 0.344 e. The molecule has 0 saturated heterocycles. The molecule has 122 valence electrons. The van der Waals surface area contributed by atoms with Crippen molar-refractivity contribution in [1.82, 2.24) is 4.90 Å². The van der Waals surface area contributed by atoms with Gasteiger partial charge in [-0.15, -0.1) is 0 Å². The van der Waals surface area contributed by atoms with Crippen LogP contribution in [0.3, 0.4) is 0 Å². The molecule has 1 amide bonds. The second kappa shape index (κ2) is 6.66. The number of rotatable bonds is 4. The average Bonchev–Trinajstić information content (AvgIpc) is 2.59. The molecule has 5 heteroatoms. The molecular formula is C19H16FNO3. The van der Waals surface area contributed by atoms with E-state index in [-0.39, 0.29) is 11.1 Å². The lowest BCUT2D eigenvalue weighted by Gasteiger charge is -2.20. The number of hydrogen-bond donors (Lipinski definition) is 0. The standard InChI is InChI=1S/C19H16FNO3/c1-2-21(12-13-6-4-3-5-7-13)18(22)17-11-14-10-15(20)8-9-16(14)19(23)24-17/h3-11H,2,12H2,1H3. The van der Waals surface area contributed by atoms with Crippen molar-refractivity contribution >= 4 is 16.7 Å². The van der Waals surface area contributed by atoms with Gasteiger partial charge in [0.25, 0.3) is 5.91 Å². The number of fused-ring (bicyclic) bond motifs is 1. The van der Waals surface area contributed by atoms with E-state index in [1.165, 1.54) is 24.3 Å². The largest absolute Gasteiger partial charge is 0.417 e. The molecule has 0 aliphatic rings. The fourth-order valence-electron chi connectivity index (χ4n) is 2.56. The predicted molar refractivity (Wildman–Crippen MR) is 89.3 cm³/mol. The number of amides is 1. The highest BCUT2D eigenvalue weighted by atomic mass is 19.1.